The smallest absolute Gasteiger partial charge is 0.107 e. The molecule has 20 heavy (non-hydrogen) atoms. The summed E-state index contributed by atoms with van der Waals surface area (Å²) in [6.45, 7) is 9.81. The Balaban J connectivity index is 2.07. The monoisotopic (exact) mass is 288 g/mol. The van der Waals surface area contributed by atoms with Gasteiger partial charge in [-0.25, -0.2) is 4.98 Å². The standard InChI is InChI=1S/C17H24N2S/c1-13-11-19-16(20-13)12-18-15(10-17(2,3)4)14-8-6-5-7-9-14/h5-9,11,15,18H,10,12H2,1-4H3. The van der Waals surface area contributed by atoms with E-state index in [0.717, 1.165) is 18.0 Å². The van der Waals surface area contributed by atoms with E-state index in [1.54, 1.807) is 11.3 Å². The lowest BCUT2D eigenvalue weighted by atomic mass is 9.85. The third-order valence-electron chi connectivity index (χ3n) is 3.19. The molecule has 0 saturated heterocycles. The first-order valence-electron chi connectivity index (χ1n) is 7.14. The van der Waals surface area contributed by atoms with Crippen LogP contribution < -0.4 is 5.32 Å². The SMILES string of the molecule is Cc1cnc(CNC(CC(C)(C)C)c2ccccc2)s1. The van der Waals surface area contributed by atoms with Gasteiger partial charge in [0.15, 0.2) is 0 Å². The second-order valence-electron chi connectivity index (χ2n) is 6.47. The van der Waals surface area contributed by atoms with Gasteiger partial charge in [-0.05, 0) is 24.3 Å². The summed E-state index contributed by atoms with van der Waals surface area (Å²) in [5.41, 5.74) is 1.66. The summed E-state index contributed by atoms with van der Waals surface area (Å²) in [6.07, 6.45) is 3.06. The third kappa shape index (κ3) is 4.73. The number of benzene rings is 1. The van der Waals surface area contributed by atoms with Gasteiger partial charge in [0.05, 0.1) is 0 Å². The van der Waals surface area contributed by atoms with Gasteiger partial charge in [0, 0.05) is 23.7 Å². The molecule has 2 nitrogen and oxygen atoms in total. The van der Waals surface area contributed by atoms with E-state index in [0.29, 0.717) is 11.5 Å². The number of hydrogen-bond donors (Lipinski definition) is 1. The summed E-state index contributed by atoms with van der Waals surface area (Å²) >= 11 is 1.77. The molecule has 0 aliphatic carbocycles. The lowest BCUT2D eigenvalue weighted by Gasteiger charge is -2.27. The van der Waals surface area contributed by atoms with Crippen LogP contribution in [-0.4, -0.2) is 4.98 Å². The zero-order valence-corrected chi connectivity index (χ0v) is 13.6. The summed E-state index contributed by atoms with van der Waals surface area (Å²) in [5, 5.41) is 4.83. The highest BCUT2D eigenvalue weighted by Crippen LogP contribution is 2.29. The molecular formula is C17H24N2S. The van der Waals surface area contributed by atoms with E-state index in [2.05, 4.69) is 68.3 Å². The second kappa shape index (κ2) is 6.51. The van der Waals surface area contributed by atoms with E-state index in [9.17, 15) is 0 Å². The first kappa shape index (κ1) is 15.2. The van der Waals surface area contributed by atoms with Crippen LogP contribution in [0.1, 0.15) is 48.7 Å². The molecule has 1 aromatic carbocycles. The molecule has 0 amide bonds. The van der Waals surface area contributed by atoms with E-state index in [1.165, 1.54) is 10.4 Å². The van der Waals surface area contributed by atoms with Gasteiger partial charge >= 0.3 is 0 Å². The molecule has 0 saturated carbocycles. The molecule has 0 aliphatic rings. The van der Waals surface area contributed by atoms with Crippen LogP contribution in [-0.2, 0) is 6.54 Å². The minimum absolute atomic E-state index is 0.298. The topological polar surface area (TPSA) is 24.9 Å². The van der Waals surface area contributed by atoms with E-state index in [-0.39, 0.29) is 0 Å². The molecule has 1 aromatic heterocycles. The summed E-state index contributed by atoms with van der Waals surface area (Å²) < 4.78 is 0. The van der Waals surface area contributed by atoms with Crippen LogP contribution >= 0.6 is 11.3 Å². The fraction of sp³-hybridized carbons (Fsp3) is 0.471. The zero-order valence-electron chi connectivity index (χ0n) is 12.8. The molecule has 0 aliphatic heterocycles. The van der Waals surface area contributed by atoms with Crippen LogP contribution in [0.4, 0.5) is 0 Å². The van der Waals surface area contributed by atoms with Crippen molar-refractivity contribution >= 4 is 11.3 Å². The molecular weight excluding hydrogens is 264 g/mol. The number of nitrogens with one attached hydrogen (secondary N) is 1. The molecule has 0 spiro atoms. The van der Waals surface area contributed by atoms with Crippen molar-refractivity contribution in [3.05, 3.63) is 52.0 Å². The van der Waals surface area contributed by atoms with Gasteiger partial charge in [-0.2, -0.15) is 0 Å². The maximum atomic E-state index is 4.43. The summed E-state index contributed by atoms with van der Waals surface area (Å²) in [5.74, 6) is 0. The number of hydrogen-bond acceptors (Lipinski definition) is 3. The van der Waals surface area contributed by atoms with Gasteiger partial charge in [-0.1, -0.05) is 51.1 Å². The highest BCUT2D eigenvalue weighted by atomic mass is 32.1. The van der Waals surface area contributed by atoms with Gasteiger partial charge in [0.25, 0.3) is 0 Å². The maximum absolute atomic E-state index is 4.43. The number of aryl methyl sites for hydroxylation is 1. The van der Waals surface area contributed by atoms with E-state index < -0.39 is 0 Å². The van der Waals surface area contributed by atoms with Crippen LogP contribution in [0.2, 0.25) is 0 Å². The maximum Gasteiger partial charge on any atom is 0.107 e. The minimum atomic E-state index is 0.298. The van der Waals surface area contributed by atoms with Crippen molar-refractivity contribution in [1.29, 1.82) is 0 Å². The lowest BCUT2D eigenvalue weighted by molar-refractivity contribution is 0.310. The highest BCUT2D eigenvalue weighted by Gasteiger charge is 2.20. The van der Waals surface area contributed by atoms with Gasteiger partial charge in [-0.15, -0.1) is 11.3 Å². The molecule has 0 fully saturated rings. The number of thiazole rings is 1. The van der Waals surface area contributed by atoms with Crippen molar-refractivity contribution in [3.63, 3.8) is 0 Å². The Bertz CT molecular complexity index is 525. The van der Waals surface area contributed by atoms with Gasteiger partial charge in [0.1, 0.15) is 5.01 Å². The van der Waals surface area contributed by atoms with Crippen LogP contribution in [0, 0.1) is 12.3 Å². The lowest BCUT2D eigenvalue weighted by Crippen LogP contribution is -2.25. The molecule has 108 valence electrons. The van der Waals surface area contributed by atoms with Crippen molar-refractivity contribution in [2.75, 3.05) is 0 Å². The summed E-state index contributed by atoms with van der Waals surface area (Å²) in [4.78, 5) is 5.71. The Morgan fingerprint density at radius 1 is 1.20 bits per heavy atom. The van der Waals surface area contributed by atoms with E-state index in [1.807, 2.05) is 6.20 Å². The Labute approximate surface area is 126 Å². The number of nitrogens with zero attached hydrogens (tertiary/aromatic N) is 1. The normalized spacial score (nSPS) is 13.4. The fourth-order valence-electron chi connectivity index (χ4n) is 2.30. The summed E-state index contributed by atoms with van der Waals surface area (Å²) in [7, 11) is 0. The van der Waals surface area contributed by atoms with Gasteiger partial charge < -0.3 is 5.32 Å². The van der Waals surface area contributed by atoms with Crippen LogP contribution in [0.25, 0.3) is 0 Å². The molecule has 2 aromatic rings. The highest BCUT2D eigenvalue weighted by molar-refractivity contribution is 7.11. The van der Waals surface area contributed by atoms with Crippen molar-refractivity contribution < 1.29 is 0 Å². The Hall–Kier alpha value is -1.19. The predicted octanol–water partition coefficient (Wildman–Crippen LogP) is 4.72. The van der Waals surface area contributed by atoms with E-state index in [4.69, 9.17) is 0 Å². The molecule has 2 rings (SSSR count). The van der Waals surface area contributed by atoms with E-state index >= 15 is 0 Å². The Kier molecular flexibility index (Phi) is 4.95. The van der Waals surface area contributed by atoms with Crippen LogP contribution in [0.5, 0.6) is 0 Å². The van der Waals surface area contributed by atoms with Crippen LogP contribution in [0.3, 0.4) is 0 Å². The quantitative estimate of drug-likeness (QED) is 0.861. The van der Waals surface area contributed by atoms with Crippen molar-refractivity contribution in [3.8, 4) is 0 Å². The first-order chi connectivity index (χ1) is 9.44. The first-order valence-corrected chi connectivity index (χ1v) is 7.95. The van der Waals surface area contributed by atoms with Crippen LogP contribution in [0.15, 0.2) is 36.5 Å². The molecule has 1 unspecified atom stereocenters. The Morgan fingerprint density at radius 2 is 1.90 bits per heavy atom. The van der Waals surface area contributed by atoms with Gasteiger partial charge in [-0.3, -0.25) is 0 Å². The average molecular weight is 288 g/mol. The summed E-state index contributed by atoms with van der Waals surface area (Å²) in [6, 6.07) is 11.1. The predicted molar refractivity (Wildman–Crippen MR) is 86.9 cm³/mol. The molecule has 3 heteroatoms. The number of aromatic nitrogens is 1. The van der Waals surface area contributed by atoms with Gasteiger partial charge in [0.2, 0.25) is 0 Å². The average Bonchev–Trinajstić information content (AvgIpc) is 2.80. The third-order valence-corrected chi connectivity index (χ3v) is 4.10. The van der Waals surface area contributed by atoms with Crippen molar-refractivity contribution in [2.24, 2.45) is 5.41 Å². The largest absolute Gasteiger partial charge is 0.304 e. The molecule has 1 N–H and O–H groups in total. The number of rotatable bonds is 5. The Morgan fingerprint density at radius 3 is 2.45 bits per heavy atom. The van der Waals surface area contributed by atoms with Crippen molar-refractivity contribution in [2.45, 2.75) is 46.7 Å². The van der Waals surface area contributed by atoms with Crippen molar-refractivity contribution in [1.82, 2.24) is 10.3 Å². The molecule has 1 heterocycles. The molecule has 0 bridgehead atoms. The molecule has 1 atom stereocenters. The molecule has 0 radical (unpaired) electrons. The second-order valence-corrected chi connectivity index (χ2v) is 7.79. The fourth-order valence-corrected chi connectivity index (χ4v) is 3.04. The zero-order chi connectivity index (χ0) is 14.6. The minimum Gasteiger partial charge on any atom is -0.304 e.